The summed E-state index contributed by atoms with van der Waals surface area (Å²) in [5.74, 6) is -0.502. The van der Waals surface area contributed by atoms with Gasteiger partial charge >= 0.3 is 5.97 Å². The van der Waals surface area contributed by atoms with Gasteiger partial charge in [-0.1, -0.05) is 36.4 Å². The van der Waals surface area contributed by atoms with Crippen LogP contribution >= 0.6 is 0 Å². The molecule has 0 spiro atoms. The van der Waals surface area contributed by atoms with Crippen LogP contribution in [0.2, 0.25) is 0 Å². The van der Waals surface area contributed by atoms with Crippen molar-refractivity contribution in [3.8, 4) is 0 Å². The van der Waals surface area contributed by atoms with E-state index in [1.807, 2.05) is 36.4 Å². The zero-order valence-electron chi connectivity index (χ0n) is 33.2. The number of anilines is 2. The number of esters is 1. The molecule has 2 aromatic heterocycles. The summed E-state index contributed by atoms with van der Waals surface area (Å²) in [5.41, 5.74) is 8.48. The molecule has 2 fully saturated rings. The summed E-state index contributed by atoms with van der Waals surface area (Å²) < 4.78 is 60.0. The molecule has 4 heterocycles. The van der Waals surface area contributed by atoms with E-state index in [9.17, 15) is 26.4 Å². The van der Waals surface area contributed by atoms with Crippen LogP contribution in [0, 0.1) is 0 Å². The largest absolute Gasteiger partial charge is 0.465 e. The summed E-state index contributed by atoms with van der Waals surface area (Å²) in [5, 5.41) is 0. The van der Waals surface area contributed by atoms with E-state index in [-0.39, 0.29) is 36.9 Å². The quantitative estimate of drug-likeness (QED) is 0.102. The first-order chi connectivity index (χ1) is 28.0. The molecule has 0 saturated carbocycles. The molecule has 6 rings (SSSR count). The standard InChI is InChI=1S/C21H28N4O3S.C21H27N3O4S/c22-15-21(26)18-9-10-19(23-16-18)17-25(20-7-2-1-3-8-20)29(27,28)14-6-13-24-11-4-5-12-24;1-28-21(25)18-10-11-19(22-16-18)17-24(20-8-3-2-4-9-20)29(26,27)15-7-14-23-12-5-6-13-23/h1-3,7-10,16H,4-6,11-15,17,22H2;2-4,8-11,16H,5-7,12-15,17H2,1H3. The van der Waals surface area contributed by atoms with Crippen LogP contribution in [0.15, 0.2) is 97.3 Å². The molecule has 0 radical (unpaired) electrons. The Bertz CT molecular complexity index is 1940. The van der Waals surface area contributed by atoms with Gasteiger partial charge in [-0.25, -0.2) is 21.6 Å². The highest BCUT2D eigenvalue weighted by Gasteiger charge is 2.26. The maximum Gasteiger partial charge on any atom is 0.339 e. The SMILES string of the molecule is COC(=O)c1ccc(CN(c2ccccc2)S(=O)(=O)CCCN2CCCC2)nc1.NCC(=O)c1ccc(CN(c2ccccc2)S(=O)(=O)CCCN2CCCC2)nc1. The highest BCUT2D eigenvalue weighted by Crippen LogP contribution is 2.23. The molecule has 0 amide bonds. The molecule has 0 bridgehead atoms. The molecule has 2 saturated heterocycles. The number of pyridine rings is 2. The number of nitrogens with two attached hydrogens (primary N) is 1. The van der Waals surface area contributed by atoms with Gasteiger partial charge in [-0.3, -0.25) is 23.4 Å². The van der Waals surface area contributed by atoms with E-state index in [1.54, 1.807) is 48.5 Å². The number of carbonyl (C=O) groups is 2. The van der Waals surface area contributed by atoms with Crippen molar-refractivity contribution in [1.82, 2.24) is 19.8 Å². The van der Waals surface area contributed by atoms with Crippen molar-refractivity contribution in [3.63, 3.8) is 0 Å². The number of carbonyl (C=O) groups excluding carboxylic acids is 2. The molecule has 58 heavy (non-hydrogen) atoms. The van der Waals surface area contributed by atoms with Gasteiger partial charge in [-0.2, -0.15) is 0 Å². The van der Waals surface area contributed by atoms with E-state index in [2.05, 4.69) is 24.5 Å². The van der Waals surface area contributed by atoms with Crippen LogP contribution in [-0.2, 0) is 37.9 Å². The minimum absolute atomic E-state index is 0.0808. The molecule has 0 atom stereocenters. The van der Waals surface area contributed by atoms with Gasteiger partial charge in [0.1, 0.15) is 0 Å². The number of methoxy groups -OCH3 is 1. The van der Waals surface area contributed by atoms with Crippen LogP contribution in [-0.4, -0.2) is 113 Å². The van der Waals surface area contributed by atoms with Crippen LogP contribution in [0.3, 0.4) is 0 Å². The van der Waals surface area contributed by atoms with Crippen molar-refractivity contribution in [2.75, 3.05) is 73.0 Å². The number of benzene rings is 2. The fourth-order valence-electron chi connectivity index (χ4n) is 6.91. The average Bonchev–Trinajstić information content (AvgIpc) is 3.98. The van der Waals surface area contributed by atoms with Gasteiger partial charge in [0, 0.05) is 18.0 Å². The lowest BCUT2D eigenvalue weighted by Gasteiger charge is -2.25. The molecule has 4 aromatic rings. The van der Waals surface area contributed by atoms with Gasteiger partial charge in [0.15, 0.2) is 5.78 Å². The summed E-state index contributed by atoms with van der Waals surface area (Å²) in [4.78, 5) is 36.4. The van der Waals surface area contributed by atoms with Crippen LogP contribution in [0.25, 0.3) is 0 Å². The third-order valence-corrected chi connectivity index (χ3v) is 13.7. The topological polar surface area (TPSA) is 176 Å². The molecule has 2 aliphatic rings. The van der Waals surface area contributed by atoms with Gasteiger partial charge in [0.05, 0.1) is 66.6 Å². The van der Waals surface area contributed by atoms with Gasteiger partial charge in [-0.05, 0) is 126 Å². The molecular formula is C42H55N7O7S2. The lowest BCUT2D eigenvalue weighted by atomic mass is 10.2. The number of ketones is 1. The van der Waals surface area contributed by atoms with Gasteiger partial charge in [-0.15, -0.1) is 0 Å². The predicted octanol–water partition coefficient (Wildman–Crippen LogP) is 4.74. The minimum atomic E-state index is -3.52. The summed E-state index contributed by atoms with van der Waals surface area (Å²) >= 11 is 0. The van der Waals surface area contributed by atoms with Crippen molar-refractivity contribution >= 4 is 43.2 Å². The lowest BCUT2D eigenvalue weighted by molar-refractivity contribution is 0.0600. The van der Waals surface area contributed by atoms with Crippen LogP contribution in [0.1, 0.15) is 70.6 Å². The number of likely N-dealkylation sites (tertiary alicyclic amines) is 2. The zero-order chi connectivity index (χ0) is 41.4. The summed E-state index contributed by atoms with van der Waals surface area (Å²) in [6.45, 7) is 5.97. The second kappa shape index (κ2) is 21.9. The Morgan fingerprint density at radius 3 is 1.41 bits per heavy atom. The van der Waals surface area contributed by atoms with Gasteiger partial charge < -0.3 is 20.3 Å². The van der Waals surface area contributed by atoms with E-state index in [1.165, 1.54) is 53.8 Å². The number of hydrogen-bond donors (Lipinski definition) is 1. The fraction of sp³-hybridized carbons (Fsp3) is 0.429. The molecule has 0 aliphatic carbocycles. The Hall–Kier alpha value is -4.74. The zero-order valence-corrected chi connectivity index (χ0v) is 34.8. The molecule has 2 aromatic carbocycles. The molecule has 2 aliphatic heterocycles. The molecule has 16 heteroatoms. The number of rotatable bonds is 19. The number of Topliss-reactive ketones (excluding diaryl/α,β-unsaturated/α-hetero) is 1. The summed E-state index contributed by atoms with van der Waals surface area (Å²) in [6.07, 6.45) is 8.82. The van der Waals surface area contributed by atoms with E-state index >= 15 is 0 Å². The van der Waals surface area contributed by atoms with Crippen molar-refractivity contribution < 1.29 is 31.2 Å². The fourth-order valence-corrected chi connectivity index (χ4v) is 9.89. The van der Waals surface area contributed by atoms with Crippen molar-refractivity contribution in [2.24, 2.45) is 5.73 Å². The van der Waals surface area contributed by atoms with Gasteiger partial charge in [0.2, 0.25) is 20.0 Å². The Morgan fingerprint density at radius 2 is 1.05 bits per heavy atom. The first-order valence-corrected chi connectivity index (χ1v) is 23.0. The normalized spacial score (nSPS) is 14.7. The first kappa shape index (κ1) is 44.4. The molecule has 312 valence electrons. The number of ether oxygens (including phenoxy) is 1. The Labute approximate surface area is 343 Å². The number of para-hydroxylation sites is 2. The highest BCUT2D eigenvalue weighted by molar-refractivity contribution is 7.93. The van der Waals surface area contributed by atoms with Gasteiger partial charge in [0.25, 0.3) is 0 Å². The van der Waals surface area contributed by atoms with E-state index in [0.717, 1.165) is 39.3 Å². The third kappa shape index (κ3) is 13.1. The molecule has 2 N–H and O–H groups in total. The Morgan fingerprint density at radius 1 is 0.638 bits per heavy atom. The lowest BCUT2D eigenvalue weighted by Crippen LogP contribution is -2.34. The van der Waals surface area contributed by atoms with E-state index < -0.39 is 26.0 Å². The second-order valence-corrected chi connectivity index (χ2v) is 18.3. The van der Waals surface area contributed by atoms with E-state index in [0.29, 0.717) is 46.7 Å². The van der Waals surface area contributed by atoms with E-state index in [4.69, 9.17) is 5.73 Å². The van der Waals surface area contributed by atoms with Crippen molar-refractivity contribution in [3.05, 3.63) is 120 Å². The van der Waals surface area contributed by atoms with Crippen molar-refractivity contribution in [1.29, 1.82) is 0 Å². The number of nitrogens with zero attached hydrogens (tertiary/aromatic N) is 6. The highest BCUT2D eigenvalue weighted by atomic mass is 32.2. The Balaban J connectivity index is 0.000000221. The van der Waals surface area contributed by atoms with Crippen LogP contribution in [0.4, 0.5) is 11.4 Å². The maximum atomic E-state index is 13.1. The van der Waals surface area contributed by atoms with Crippen LogP contribution < -0.4 is 14.3 Å². The third-order valence-electron chi connectivity index (χ3n) is 10.1. The smallest absolute Gasteiger partial charge is 0.339 e. The summed E-state index contributed by atoms with van der Waals surface area (Å²) in [7, 11) is -5.73. The number of sulfonamides is 2. The first-order valence-electron chi connectivity index (χ1n) is 19.8. The predicted molar refractivity (Wildman–Crippen MR) is 227 cm³/mol. The monoisotopic (exact) mass is 833 g/mol. The average molecular weight is 834 g/mol. The van der Waals surface area contributed by atoms with Crippen molar-refractivity contribution in [2.45, 2.75) is 51.6 Å². The second-order valence-electron chi connectivity index (χ2n) is 14.3. The molecule has 0 unspecified atom stereocenters. The Kier molecular flexibility index (Phi) is 16.7. The number of aromatic nitrogens is 2. The van der Waals surface area contributed by atoms with Crippen LogP contribution in [0.5, 0.6) is 0 Å². The molecular weight excluding hydrogens is 779 g/mol. The number of hydrogen-bond acceptors (Lipinski definition) is 12. The maximum absolute atomic E-state index is 13.1. The molecule has 14 nitrogen and oxygen atoms in total. The minimum Gasteiger partial charge on any atom is -0.465 e. The summed E-state index contributed by atoms with van der Waals surface area (Å²) in [6, 6.07) is 24.7.